The Labute approximate surface area is 585 Å². The molecule has 0 amide bonds. The molecule has 3 aromatic carbocycles. The lowest BCUT2D eigenvalue weighted by Crippen LogP contribution is -2.20. The number of thiazole rings is 3. The van der Waals surface area contributed by atoms with Crippen molar-refractivity contribution in [3.8, 4) is 0 Å². The highest BCUT2D eigenvalue weighted by molar-refractivity contribution is 7.18. The van der Waals surface area contributed by atoms with Gasteiger partial charge in [0.05, 0.1) is 84.8 Å². The summed E-state index contributed by atoms with van der Waals surface area (Å²) in [6, 6.07) is 32.8. The summed E-state index contributed by atoms with van der Waals surface area (Å²) in [6.07, 6.45) is 9.30. The highest BCUT2D eigenvalue weighted by Gasteiger charge is 2.18. The molecule has 100 heavy (non-hydrogen) atoms. The van der Waals surface area contributed by atoms with E-state index in [0.717, 1.165) is 143 Å². The van der Waals surface area contributed by atoms with E-state index in [4.69, 9.17) is 28.2 Å². The molecule has 15 aromatic rings. The standard InChI is InChI=1S/C22H20ClFN8S.C22H23FN10S.C22H22FN9S/c23-22-31-20(27-12-16-13(24)4-3-9-26-16)19-21(32-22)33-18(30-19)8-11-25-10-7-17-28-14-5-1-2-6-15(14)29-17;23-13-4-3-9-26-16(13)12-27-20-19-21(32-22(31-20)33-24)34-18(30-19)8-11-25-10-7-17-28-14-5-1-2-6-15(14)29-17;23-13-4-3-9-26-16(13)12-27-20-19-21(32-22(24)31-20)33-18(30-19)8-11-25-10-7-17-28-14-5-1-2-6-15(14)29-17/h1-6,9,25H,7-8,10-12H2,(H,28,29)(H,27,31,32);1-6,9,25H,7-8,10-12,24H2,(H,28,29)(H2,27,31,32,33);1-6,9,25H,7-8,10-12H2,(H,28,29)(H3,24,27,31,32). The number of hydrazine groups is 1. The van der Waals surface area contributed by atoms with Crippen molar-refractivity contribution in [2.75, 3.05) is 66.4 Å². The zero-order valence-corrected chi connectivity index (χ0v) is 56.5. The fourth-order valence-electron chi connectivity index (χ4n) is 10.4. The molecule has 12 heterocycles. The number of nitrogens with two attached hydrogens (primary N) is 2. The van der Waals surface area contributed by atoms with E-state index in [-0.39, 0.29) is 54.3 Å². The number of benzene rings is 3. The predicted molar refractivity (Wildman–Crippen MR) is 387 cm³/mol. The number of hydrogen-bond acceptors (Lipinski definition) is 27. The van der Waals surface area contributed by atoms with Crippen LogP contribution in [0.15, 0.2) is 128 Å². The molecule has 0 aliphatic rings. The molecule has 0 radical (unpaired) electrons. The summed E-state index contributed by atoms with van der Waals surface area (Å²) in [6.45, 7) is 5.22. The van der Waals surface area contributed by atoms with Crippen molar-refractivity contribution in [2.24, 2.45) is 5.84 Å². The third-order valence-electron chi connectivity index (χ3n) is 15.3. The monoisotopic (exact) mass is 1420 g/mol. The molecule has 0 atom stereocenters. The number of para-hydroxylation sites is 6. The second kappa shape index (κ2) is 32.8. The van der Waals surface area contributed by atoms with Gasteiger partial charge in [0.1, 0.15) is 51.5 Å². The van der Waals surface area contributed by atoms with Gasteiger partial charge in [0.25, 0.3) is 0 Å². The number of nitrogens with zero attached hydrogens (tertiary/aromatic N) is 15. The molecule has 12 aromatic heterocycles. The first kappa shape index (κ1) is 67.9. The van der Waals surface area contributed by atoms with E-state index in [1.807, 2.05) is 72.8 Å². The molecule has 0 saturated heterocycles. The Morgan fingerprint density at radius 2 is 0.750 bits per heavy atom. The van der Waals surface area contributed by atoms with Crippen molar-refractivity contribution < 1.29 is 13.2 Å². The van der Waals surface area contributed by atoms with Crippen LogP contribution in [-0.2, 0) is 58.2 Å². The van der Waals surface area contributed by atoms with Gasteiger partial charge >= 0.3 is 0 Å². The van der Waals surface area contributed by atoms with Crippen molar-refractivity contribution >= 4 is 139 Å². The van der Waals surface area contributed by atoms with E-state index in [1.165, 1.54) is 52.2 Å². The maximum absolute atomic E-state index is 13.9. The summed E-state index contributed by atoms with van der Waals surface area (Å²) >= 11 is 10.5. The Hall–Kier alpha value is -10.7. The summed E-state index contributed by atoms with van der Waals surface area (Å²) in [7, 11) is 0. The van der Waals surface area contributed by atoms with E-state index >= 15 is 0 Å². The van der Waals surface area contributed by atoms with Crippen LogP contribution in [0.3, 0.4) is 0 Å². The smallest absolute Gasteiger partial charge is 0.240 e. The van der Waals surface area contributed by atoms with Crippen LogP contribution in [0.4, 0.5) is 42.5 Å². The van der Waals surface area contributed by atoms with E-state index in [1.54, 1.807) is 36.8 Å². The number of rotatable bonds is 28. The minimum atomic E-state index is -0.384. The summed E-state index contributed by atoms with van der Waals surface area (Å²) in [5, 5.41) is 22.5. The molecule has 0 unspecified atom stereocenters. The first-order valence-electron chi connectivity index (χ1n) is 31.8. The quantitative estimate of drug-likeness (QED) is 0.00938. The van der Waals surface area contributed by atoms with Gasteiger partial charge in [-0.2, -0.15) is 19.9 Å². The maximum Gasteiger partial charge on any atom is 0.240 e. The van der Waals surface area contributed by atoms with Crippen LogP contribution >= 0.6 is 45.6 Å². The van der Waals surface area contributed by atoms with Gasteiger partial charge in [0.15, 0.2) is 31.9 Å². The van der Waals surface area contributed by atoms with Crippen LogP contribution in [0.2, 0.25) is 5.28 Å². The number of H-pyrrole nitrogens is 3. The first-order valence-corrected chi connectivity index (χ1v) is 34.7. The molecule has 0 bridgehead atoms. The summed E-state index contributed by atoms with van der Waals surface area (Å²) in [5.41, 5.74) is 17.2. The Kier molecular flexibility index (Phi) is 22.3. The predicted octanol–water partition coefficient (Wildman–Crippen LogP) is 9.97. The highest BCUT2D eigenvalue weighted by atomic mass is 35.5. The number of nitrogen functional groups attached to an aromatic ring is 2. The SMILES string of the molecule is Fc1cccnc1CNc1nc(Cl)nc2sc(CCNCCc3nc4ccccc4[nH]3)nc12.NNc1nc(NCc2ncccc2F)c2nc(CCNCCc3nc4ccccc4[nH]3)sc2n1.Nc1nc(NCc2ncccc2F)c2nc(CCNCCc3nc4ccccc4[nH]3)sc2n1. The van der Waals surface area contributed by atoms with E-state index in [2.05, 4.69) is 122 Å². The van der Waals surface area contributed by atoms with Gasteiger partial charge in [-0.1, -0.05) is 70.4 Å². The van der Waals surface area contributed by atoms with Gasteiger partial charge in [-0.3, -0.25) is 20.4 Å². The van der Waals surface area contributed by atoms with Crippen molar-refractivity contribution in [3.05, 3.63) is 200 Å². The molecule has 15 rings (SSSR count). The number of nitrogens with one attached hydrogen (secondary N) is 10. The molecule has 0 aliphatic carbocycles. The minimum absolute atomic E-state index is 0.116. The van der Waals surface area contributed by atoms with Crippen molar-refractivity contribution in [1.82, 2.24) is 106 Å². The molecule has 0 fully saturated rings. The number of anilines is 5. The van der Waals surface area contributed by atoms with Gasteiger partial charge < -0.3 is 52.6 Å². The fraction of sp³-hybridized carbons (Fsp3) is 0.227. The van der Waals surface area contributed by atoms with Gasteiger partial charge in [0, 0.05) is 96.4 Å². The van der Waals surface area contributed by atoms with E-state index < -0.39 is 0 Å². The summed E-state index contributed by atoms with van der Waals surface area (Å²) in [5.74, 6) is 9.10. The molecule has 0 spiro atoms. The van der Waals surface area contributed by atoms with Gasteiger partial charge in [-0.05, 0) is 84.4 Å². The Morgan fingerprint density at radius 1 is 0.390 bits per heavy atom. The second-order valence-electron chi connectivity index (χ2n) is 22.3. The Morgan fingerprint density at radius 3 is 1.14 bits per heavy atom. The molecule has 0 aliphatic heterocycles. The average molecular weight is 1430 g/mol. The van der Waals surface area contributed by atoms with E-state index in [0.29, 0.717) is 65.6 Å². The Balaban J connectivity index is 0.000000134. The van der Waals surface area contributed by atoms with Crippen molar-refractivity contribution in [3.63, 3.8) is 0 Å². The van der Waals surface area contributed by atoms with Crippen LogP contribution in [0.5, 0.6) is 0 Å². The lowest BCUT2D eigenvalue weighted by molar-refractivity contribution is 0.602. The number of halogens is 4. The molecule has 14 N–H and O–H groups in total. The van der Waals surface area contributed by atoms with Crippen LogP contribution in [-0.4, -0.2) is 129 Å². The van der Waals surface area contributed by atoms with Crippen LogP contribution in [0, 0.1) is 17.5 Å². The third kappa shape index (κ3) is 17.6. The van der Waals surface area contributed by atoms with Crippen LogP contribution in [0.1, 0.15) is 49.6 Å². The second-order valence-corrected chi connectivity index (χ2v) is 25.8. The normalized spacial score (nSPS) is 11.4. The molecular formula is C66H65ClF3N27S3. The summed E-state index contributed by atoms with van der Waals surface area (Å²) in [4.78, 5) is 77.9. The highest BCUT2D eigenvalue weighted by Crippen LogP contribution is 2.31. The van der Waals surface area contributed by atoms with Gasteiger partial charge in [0.2, 0.25) is 17.2 Å². The average Bonchev–Trinajstić information content (AvgIpc) is 1.64. The van der Waals surface area contributed by atoms with Crippen LogP contribution < -0.4 is 48.9 Å². The number of aromatic amines is 3. The number of imidazole rings is 3. The topological polar surface area (TPSA) is 377 Å². The van der Waals surface area contributed by atoms with Gasteiger partial charge in [-0.25, -0.2) is 58.9 Å². The molecule has 27 nitrogen and oxygen atoms in total. The number of aromatic nitrogens is 18. The third-order valence-corrected chi connectivity index (χ3v) is 18.5. The lowest BCUT2D eigenvalue weighted by Gasteiger charge is -2.07. The van der Waals surface area contributed by atoms with Crippen molar-refractivity contribution in [1.29, 1.82) is 0 Å². The zero-order chi connectivity index (χ0) is 68.6. The molecule has 0 saturated carbocycles. The molecule has 510 valence electrons. The van der Waals surface area contributed by atoms with Crippen molar-refractivity contribution in [2.45, 2.75) is 58.2 Å². The van der Waals surface area contributed by atoms with Gasteiger partial charge in [-0.15, -0.1) is 0 Å². The lowest BCUT2D eigenvalue weighted by atomic mass is 10.3. The largest absolute Gasteiger partial charge is 0.368 e. The molecule has 34 heteroatoms. The number of pyridine rings is 3. The number of fused-ring (bicyclic) bond motifs is 6. The maximum atomic E-state index is 13.9. The first-order chi connectivity index (χ1) is 49.0. The van der Waals surface area contributed by atoms with E-state index in [9.17, 15) is 13.2 Å². The van der Waals surface area contributed by atoms with Crippen LogP contribution in [0.25, 0.3) is 64.1 Å². The summed E-state index contributed by atoms with van der Waals surface area (Å²) < 4.78 is 41.7. The zero-order valence-electron chi connectivity index (χ0n) is 53.3. The minimum Gasteiger partial charge on any atom is -0.368 e. The fourth-order valence-corrected chi connectivity index (χ4v) is 13.5. The Bertz CT molecular complexity index is 4920. The molecular weight excluding hydrogens is 1360 g/mol. The number of hydrogen-bond donors (Lipinski definition) is 12.